The number of thiophene rings is 1. The van der Waals surface area contributed by atoms with Crippen molar-refractivity contribution in [2.45, 2.75) is 45.6 Å². The first-order valence-corrected chi connectivity index (χ1v) is 10.8. The van der Waals surface area contributed by atoms with Gasteiger partial charge in [0, 0.05) is 4.88 Å². The fourth-order valence-electron chi connectivity index (χ4n) is 4.00. The fraction of sp³-hybridized carbons (Fsp3) is 0.455. The largest absolute Gasteiger partial charge is 0.496 e. The highest BCUT2D eigenvalue weighted by molar-refractivity contribution is 7.18. The van der Waals surface area contributed by atoms with E-state index < -0.39 is 0 Å². The van der Waals surface area contributed by atoms with Crippen molar-refractivity contribution >= 4 is 21.6 Å². The van der Waals surface area contributed by atoms with Gasteiger partial charge in [0.05, 0.1) is 18.5 Å². The summed E-state index contributed by atoms with van der Waals surface area (Å²) in [5.74, 6) is 2.31. The lowest BCUT2D eigenvalue weighted by Gasteiger charge is -2.17. The number of ether oxygens (including phenoxy) is 1. The summed E-state index contributed by atoms with van der Waals surface area (Å²) < 4.78 is 5.41. The van der Waals surface area contributed by atoms with Crippen molar-refractivity contribution in [3.05, 3.63) is 56.4 Å². The Kier molecular flexibility index (Phi) is 5.51. The summed E-state index contributed by atoms with van der Waals surface area (Å²) in [6.07, 6.45) is 4.07. The van der Waals surface area contributed by atoms with Crippen LogP contribution in [-0.2, 0) is 19.3 Å². The normalized spacial score (nSPS) is 17.5. The molecule has 0 unspecified atom stereocenters. The molecule has 1 aliphatic carbocycles. The Morgan fingerprint density at radius 2 is 2.21 bits per heavy atom. The molecule has 2 heterocycles. The van der Waals surface area contributed by atoms with Gasteiger partial charge in [-0.2, -0.15) is 0 Å². The lowest BCUT2D eigenvalue weighted by Crippen LogP contribution is -2.25. The van der Waals surface area contributed by atoms with Crippen molar-refractivity contribution in [1.29, 1.82) is 0 Å². The Morgan fingerprint density at radius 3 is 3.04 bits per heavy atom. The average molecular weight is 398 g/mol. The quantitative estimate of drug-likeness (QED) is 0.659. The number of rotatable bonds is 6. The second kappa shape index (κ2) is 8.05. The highest BCUT2D eigenvalue weighted by Crippen LogP contribution is 2.35. The summed E-state index contributed by atoms with van der Waals surface area (Å²) in [4.78, 5) is 22.8. The maximum Gasteiger partial charge on any atom is 0.259 e. The molecule has 5 nitrogen and oxygen atoms in total. The van der Waals surface area contributed by atoms with Crippen molar-refractivity contribution < 1.29 is 4.74 Å². The third kappa shape index (κ3) is 3.71. The Balaban J connectivity index is 1.50. The number of nitrogens with zero attached hydrogens (tertiary/aromatic N) is 1. The molecule has 0 spiro atoms. The molecule has 2 N–H and O–H groups in total. The fourth-order valence-corrected chi connectivity index (χ4v) is 5.39. The van der Waals surface area contributed by atoms with E-state index in [0.717, 1.165) is 48.2 Å². The van der Waals surface area contributed by atoms with Gasteiger partial charge in [-0.15, -0.1) is 11.3 Å². The molecular weight excluding hydrogens is 370 g/mol. The second-order valence-electron chi connectivity index (χ2n) is 7.72. The molecule has 0 aliphatic heterocycles. The topological polar surface area (TPSA) is 67.0 Å². The third-order valence-corrected chi connectivity index (χ3v) is 6.78. The number of fused-ring (bicyclic) bond motifs is 3. The van der Waals surface area contributed by atoms with Crippen LogP contribution >= 0.6 is 11.3 Å². The number of methoxy groups -OCH3 is 1. The van der Waals surface area contributed by atoms with E-state index in [1.54, 1.807) is 18.4 Å². The summed E-state index contributed by atoms with van der Waals surface area (Å²) >= 11 is 1.70. The number of aromatic nitrogens is 2. The maximum atomic E-state index is 12.8. The number of hydrogen-bond acceptors (Lipinski definition) is 5. The van der Waals surface area contributed by atoms with E-state index in [1.807, 2.05) is 25.1 Å². The van der Waals surface area contributed by atoms with Gasteiger partial charge in [0.2, 0.25) is 0 Å². The molecule has 0 amide bonds. The Labute approximate surface area is 169 Å². The van der Waals surface area contributed by atoms with Crippen LogP contribution in [0.15, 0.2) is 29.1 Å². The predicted molar refractivity (Wildman–Crippen MR) is 115 cm³/mol. The molecular formula is C22H27N3O2S. The van der Waals surface area contributed by atoms with Crippen LogP contribution in [-0.4, -0.2) is 23.6 Å². The number of hydrogen-bond donors (Lipinski definition) is 2. The number of H-pyrrole nitrogens is 1. The molecule has 0 saturated carbocycles. The van der Waals surface area contributed by atoms with Crippen LogP contribution in [0.3, 0.4) is 0 Å². The van der Waals surface area contributed by atoms with E-state index in [-0.39, 0.29) is 11.6 Å². The monoisotopic (exact) mass is 397 g/mol. The number of aryl methyl sites for hydroxylation is 1. The number of benzene rings is 1. The van der Waals surface area contributed by atoms with E-state index in [1.165, 1.54) is 16.0 Å². The summed E-state index contributed by atoms with van der Waals surface area (Å²) in [7, 11) is 1.69. The highest BCUT2D eigenvalue weighted by Gasteiger charge is 2.23. The average Bonchev–Trinajstić information content (AvgIpc) is 3.06. The SMILES string of the molecule is COc1ccccc1CCN[C@@H](C)c1nc2sc3c(c2c(=O)[nH]1)CC[C@H](C)C3. The zero-order valence-electron chi connectivity index (χ0n) is 16.7. The number of para-hydroxylation sites is 1. The van der Waals surface area contributed by atoms with Gasteiger partial charge < -0.3 is 15.0 Å². The maximum absolute atomic E-state index is 12.8. The lowest BCUT2D eigenvalue weighted by atomic mass is 9.89. The van der Waals surface area contributed by atoms with E-state index >= 15 is 0 Å². The van der Waals surface area contributed by atoms with E-state index in [9.17, 15) is 4.79 Å². The Hall–Kier alpha value is -2.18. The van der Waals surface area contributed by atoms with Crippen molar-refractivity contribution in [3.63, 3.8) is 0 Å². The third-order valence-electron chi connectivity index (χ3n) is 5.63. The first-order valence-electron chi connectivity index (χ1n) is 9.96. The zero-order chi connectivity index (χ0) is 19.7. The summed E-state index contributed by atoms with van der Waals surface area (Å²) in [6.45, 7) is 5.10. The first-order chi connectivity index (χ1) is 13.6. The molecule has 1 aliphatic rings. The molecule has 0 bridgehead atoms. The van der Waals surface area contributed by atoms with E-state index in [0.29, 0.717) is 11.7 Å². The Bertz CT molecular complexity index is 1040. The van der Waals surface area contributed by atoms with Gasteiger partial charge in [0.25, 0.3) is 5.56 Å². The molecule has 148 valence electrons. The van der Waals surface area contributed by atoms with Crippen molar-refractivity contribution in [3.8, 4) is 5.75 Å². The highest BCUT2D eigenvalue weighted by atomic mass is 32.1. The minimum atomic E-state index is -0.0233. The standard InChI is InChI=1S/C22H27N3O2S/c1-13-8-9-16-18(12-13)28-22-19(16)21(26)24-20(25-22)14(2)23-11-10-15-6-4-5-7-17(15)27-3/h4-7,13-14,23H,8-12H2,1-3H3,(H,24,25,26)/t13-,14-/m0/s1. The van der Waals surface area contributed by atoms with Crippen LogP contribution in [0.25, 0.3) is 10.2 Å². The molecule has 3 aromatic rings. The van der Waals surface area contributed by atoms with Gasteiger partial charge in [-0.25, -0.2) is 4.98 Å². The minimum Gasteiger partial charge on any atom is -0.496 e. The summed E-state index contributed by atoms with van der Waals surface area (Å²) in [6, 6.07) is 8.03. The first kappa shape index (κ1) is 19.2. The van der Waals surface area contributed by atoms with Gasteiger partial charge in [0.15, 0.2) is 0 Å². The van der Waals surface area contributed by atoms with Gasteiger partial charge in [-0.3, -0.25) is 4.79 Å². The van der Waals surface area contributed by atoms with Gasteiger partial charge in [0.1, 0.15) is 16.4 Å². The van der Waals surface area contributed by atoms with Crippen LogP contribution in [0, 0.1) is 5.92 Å². The number of aromatic amines is 1. The van der Waals surface area contributed by atoms with Crippen molar-refractivity contribution in [2.24, 2.45) is 5.92 Å². The molecule has 0 fully saturated rings. The van der Waals surface area contributed by atoms with Crippen LogP contribution in [0.5, 0.6) is 5.75 Å². The van der Waals surface area contributed by atoms with E-state index in [2.05, 4.69) is 23.3 Å². The van der Waals surface area contributed by atoms with Gasteiger partial charge >= 0.3 is 0 Å². The molecule has 6 heteroatoms. The van der Waals surface area contributed by atoms with Crippen molar-refractivity contribution in [1.82, 2.24) is 15.3 Å². The molecule has 1 aromatic carbocycles. The van der Waals surface area contributed by atoms with Crippen molar-refractivity contribution in [2.75, 3.05) is 13.7 Å². The van der Waals surface area contributed by atoms with Crippen LogP contribution in [0.1, 0.15) is 48.1 Å². The molecule has 4 rings (SSSR count). The van der Waals surface area contributed by atoms with Gasteiger partial charge in [-0.1, -0.05) is 25.1 Å². The molecule has 2 aromatic heterocycles. The zero-order valence-corrected chi connectivity index (χ0v) is 17.5. The lowest BCUT2D eigenvalue weighted by molar-refractivity contribution is 0.408. The van der Waals surface area contributed by atoms with Crippen LogP contribution in [0.2, 0.25) is 0 Å². The molecule has 0 radical (unpaired) electrons. The van der Waals surface area contributed by atoms with E-state index in [4.69, 9.17) is 9.72 Å². The second-order valence-corrected chi connectivity index (χ2v) is 8.80. The number of nitrogens with one attached hydrogen (secondary N) is 2. The summed E-state index contributed by atoms with van der Waals surface area (Å²) in [5, 5.41) is 4.29. The Morgan fingerprint density at radius 1 is 1.39 bits per heavy atom. The smallest absolute Gasteiger partial charge is 0.259 e. The van der Waals surface area contributed by atoms with Crippen LogP contribution in [0.4, 0.5) is 0 Å². The molecule has 2 atom stereocenters. The predicted octanol–water partition coefficient (Wildman–Crippen LogP) is 4.01. The summed E-state index contributed by atoms with van der Waals surface area (Å²) in [5.41, 5.74) is 2.40. The molecule has 0 saturated heterocycles. The van der Waals surface area contributed by atoms with Crippen LogP contribution < -0.4 is 15.6 Å². The minimum absolute atomic E-state index is 0.00503. The van der Waals surface area contributed by atoms with Gasteiger partial charge in [-0.05, 0) is 62.3 Å². The molecule has 28 heavy (non-hydrogen) atoms.